The molecule has 5 heterocycles. The molecule has 0 unspecified atom stereocenters. The van der Waals surface area contributed by atoms with Crippen molar-refractivity contribution in [2.24, 2.45) is 0 Å². The van der Waals surface area contributed by atoms with Gasteiger partial charge in [0.2, 0.25) is 5.88 Å². The number of aromatic nitrogens is 3. The SMILES string of the molecule is COc1ncccc1CN1C[C@H]2[C@H](C1)n1cccc1C(=O)N2Cc1csc(C)n1. The highest BCUT2D eigenvalue weighted by Gasteiger charge is 2.45. The second kappa shape index (κ2) is 7.27. The normalized spacial score (nSPS) is 21.3. The average molecular weight is 410 g/mol. The molecule has 150 valence electrons. The van der Waals surface area contributed by atoms with E-state index in [1.807, 2.05) is 36.2 Å². The van der Waals surface area contributed by atoms with Gasteiger partial charge in [-0.1, -0.05) is 6.07 Å². The molecule has 2 atom stereocenters. The molecular formula is C21H23N5O2S. The molecule has 3 aromatic heterocycles. The van der Waals surface area contributed by atoms with Crippen LogP contribution in [0.4, 0.5) is 0 Å². The van der Waals surface area contributed by atoms with Gasteiger partial charge in [-0.2, -0.15) is 0 Å². The lowest BCUT2D eigenvalue weighted by molar-refractivity contribution is 0.0553. The molecule has 1 saturated heterocycles. The first-order valence-electron chi connectivity index (χ1n) is 9.73. The Bertz CT molecular complexity index is 1050. The van der Waals surface area contributed by atoms with Crippen LogP contribution < -0.4 is 4.74 Å². The van der Waals surface area contributed by atoms with Crippen molar-refractivity contribution in [1.82, 2.24) is 24.3 Å². The molecule has 0 N–H and O–H groups in total. The monoisotopic (exact) mass is 409 g/mol. The lowest BCUT2D eigenvalue weighted by Crippen LogP contribution is -2.49. The van der Waals surface area contributed by atoms with Crippen LogP contribution >= 0.6 is 11.3 Å². The maximum atomic E-state index is 13.2. The smallest absolute Gasteiger partial charge is 0.271 e. The third-order valence-electron chi connectivity index (χ3n) is 5.79. The van der Waals surface area contributed by atoms with E-state index in [2.05, 4.69) is 30.9 Å². The second-order valence-corrected chi connectivity index (χ2v) is 8.65. The summed E-state index contributed by atoms with van der Waals surface area (Å²) in [4.78, 5) is 26.5. The van der Waals surface area contributed by atoms with Crippen molar-refractivity contribution in [2.75, 3.05) is 20.2 Å². The molecule has 0 bridgehead atoms. The van der Waals surface area contributed by atoms with Gasteiger partial charge in [-0.25, -0.2) is 9.97 Å². The number of likely N-dealkylation sites (tertiary alicyclic amines) is 1. The molecule has 0 radical (unpaired) electrons. The van der Waals surface area contributed by atoms with Gasteiger partial charge in [0.1, 0.15) is 5.69 Å². The predicted octanol–water partition coefficient (Wildman–Crippen LogP) is 2.74. The Kier molecular flexibility index (Phi) is 4.60. The van der Waals surface area contributed by atoms with Crippen LogP contribution in [0.5, 0.6) is 5.88 Å². The summed E-state index contributed by atoms with van der Waals surface area (Å²) in [5.41, 5.74) is 2.79. The summed E-state index contributed by atoms with van der Waals surface area (Å²) in [7, 11) is 1.65. The summed E-state index contributed by atoms with van der Waals surface area (Å²) in [5.74, 6) is 0.748. The zero-order chi connectivity index (χ0) is 20.0. The zero-order valence-corrected chi connectivity index (χ0v) is 17.3. The molecule has 29 heavy (non-hydrogen) atoms. The van der Waals surface area contributed by atoms with Gasteiger partial charge in [-0.05, 0) is 25.1 Å². The molecule has 8 heteroatoms. The van der Waals surface area contributed by atoms with Gasteiger partial charge < -0.3 is 14.2 Å². The third-order valence-corrected chi connectivity index (χ3v) is 6.61. The lowest BCUT2D eigenvalue weighted by Gasteiger charge is -2.38. The van der Waals surface area contributed by atoms with E-state index in [-0.39, 0.29) is 18.0 Å². The number of carbonyl (C=O) groups excluding carboxylic acids is 1. The first-order chi connectivity index (χ1) is 14.1. The Labute approximate surface area is 173 Å². The molecule has 3 aromatic rings. The Morgan fingerprint density at radius 2 is 2.07 bits per heavy atom. The van der Waals surface area contributed by atoms with E-state index >= 15 is 0 Å². The largest absolute Gasteiger partial charge is 0.481 e. The summed E-state index contributed by atoms with van der Waals surface area (Å²) in [6.07, 6.45) is 3.78. The number of fused-ring (bicyclic) bond motifs is 3. The van der Waals surface area contributed by atoms with Crippen LogP contribution in [-0.4, -0.2) is 56.5 Å². The lowest BCUT2D eigenvalue weighted by atomic mass is 10.1. The van der Waals surface area contributed by atoms with Crippen LogP contribution in [0.15, 0.2) is 42.0 Å². The maximum Gasteiger partial charge on any atom is 0.271 e. The topological polar surface area (TPSA) is 63.5 Å². The third kappa shape index (κ3) is 3.22. The van der Waals surface area contributed by atoms with E-state index in [1.54, 1.807) is 24.6 Å². The summed E-state index contributed by atoms with van der Waals surface area (Å²) in [5, 5.41) is 3.08. The Balaban J connectivity index is 1.43. The predicted molar refractivity (Wildman–Crippen MR) is 110 cm³/mol. The molecule has 5 rings (SSSR count). The van der Waals surface area contributed by atoms with E-state index in [1.165, 1.54) is 0 Å². The van der Waals surface area contributed by atoms with Crippen LogP contribution in [0.25, 0.3) is 0 Å². The molecule has 1 amide bonds. The highest BCUT2D eigenvalue weighted by Crippen LogP contribution is 2.35. The van der Waals surface area contributed by atoms with Gasteiger partial charge in [-0.15, -0.1) is 11.3 Å². The fourth-order valence-corrected chi connectivity index (χ4v) is 5.14. The first-order valence-corrected chi connectivity index (χ1v) is 10.6. The molecule has 1 fully saturated rings. The second-order valence-electron chi connectivity index (χ2n) is 7.59. The number of nitrogens with zero attached hydrogens (tertiary/aromatic N) is 5. The minimum absolute atomic E-state index is 0.0858. The van der Waals surface area contributed by atoms with Crippen LogP contribution in [-0.2, 0) is 13.1 Å². The van der Waals surface area contributed by atoms with E-state index in [9.17, 15) is 4.79 Å². The molecule has 2 aliphatic rings. The number of rotatable bonds is 5. The van der Waals surface area contributed by atoms with Crippen molar-refractivity contribution in [1.29, 1.82) is 0 Å². The quantitative estimate of drug-likeness (QED) is 0.648. The van der Waals surface area contributed by atoms with Gasteiger partial charge in [0.25, 0.3) is 5.91 Å². The number of aryl methyl sites for hydroxylation is 1. The van der Waals surface area contributed by atoms with Crippen molar-refractivity contribution in [3.05, 3.63) is 64.0 Å². The van der Waals surface area contributed by atoms with Crippen LogP contribution in [0, 0.1) is 6.92 Å². The Morgan fingerprint density at radius 1 is 1.21 bits per heavy atom. The highest BCUT2D eigenvalue weighted by atomic mass is 32.1. The first kappa shape index (κ1) is 18.3. The number of ether oxygens (including phenoxy) is 1. The van der Waals surface area contributed by atoms with Crippen LogP contribution in [0.2, 0.25) is 0 Å². The Hall–Kier alpha value is -2.71. The summed E-state index contributed by atoms with van der Waals surface area (Å²) in [6, 6.07) is 8.23. The Morgan fingerprint density at radius 3 is 2.86 bits per heavy atom. The fourth-order valence-electron chi connectivity index (χ4n) is 4.53. The molecule has 0 aromatic carbocycles. The molecular weight excluding hydrogens is 386 g/mol. The number of amides is 1. The number of carbonyl (C=O) groups is 1. The standard InChI is InChI=1S/C21H23N5O2S/c1-14-23-16(13-29-14)10-26-19-12-24(9-15-5-3-7-22-20(15)28-2)11-18(19)25-8-4-6-17(25)21(26)27/h3-8,13,18-19H,9-12H2,1-2H3/t18-,19-/m0/s1. The van der Waals surface area contributed by atoms with Crippen molar-refractivity contribution in [3.63, 3.8) is 0 Å². The van der Waals surface area contributed by atoms with E-state index in [0.29, 0.717) is 12.4 Å². The van der Waals surface area contributed by atoms with Crippen molar-refractivity contribution >= 4 is 17.2 Å². The van der Waals surface area contributed by atoms with Gasteiger partial charge >= 0.3 is 0 Å². The van der Waals surface area contributed by atoms with Gasteiger partial charge in [0.15, 0.2) is 0 Å². The maximum absolute atomic E-state index is 13.2. The number of pyridine rings is 1. The van der Waals surface area contributed by atoms with Crippen molar-refractivity contribution in [3.8, 4) is 5.88 Å². The van der Waals surface area contributed by atoms with E-state index in [0.717, 1.165) is 41.6 Å². The summed E-state index contributed by atoms with van der Waals surface area (Å²) >= 11 is 1.63. The van der Waals surface area contributed by atoms with Gasteiger partial charge in [0.05, 0.1) is 36.4 Å². The van der Waals surface area contributed by atoms with Gasteiger partial charge in [-0.3, -0.25) is 9.69 Å². The van der Waals surface area contributed by atoms with Gasteiger partial charge in [0, 0.05) is 43.0 Å². The van der Waals surface area contributed by atoms with Crippen molar-refractivity contribution in [2.45, 2.75) is 32.1 Å². The number of hydrogen-bond acceptors (Lipinski definition) is 6. The van der Waals surface area contributed by atoms with Crippen LogP contribution in [0.1, 0.15) is 32.8 Å². The summed E-state index contributed by atoms with van der Waals surface area (Å²) in [6.45, 7) is 5.00. The number of methoxy groups -OCH3 is 1. The molecule has 0 saturated carbocycles. The zero-order valence-electron chi connectivity index (χ0n) is 16.5. The molecule has 0 spiro atoms. The number of thiazole rings is 1. The average Bonchev–Trinajstić information content (AvgIpc) is 3.45. The minimum atomic E-state index is 0.0858. The number of hydrogen-bond donors (Lipinski definition) is 0. The van der Waals surface area contributed by atoms with E-state index in [4.69, 9.17) is 4.74 Å². The molecule has 7 nitrogen and oxygen atoms in total. The fraction of sp³-hybridized carbons (Fsp3) is 0.381. The molecule has 0 aliphatic carbocycles. The van der Waals surface area contributed by atoms with E-state index < -0.39 is 0 Å². The minimum Gasteiger partial charge on any atom is -0.481 e. The highest BCUT2D eigenvalue weighted by molar-refractivity contribution is 7.09. The van der Waals surface area contributed by atoms with Crippen molar-refractivity contribution < 1.29 is 9.53 Å². The molecule has 2 aliphatic heterocycles. The summed E-state index contributed by atoms with van der Waals surface area (Å²) < 4.78 is 7.57. The van der Waals surface area contributed by atoms with Crippen LogP contribution in [0.3, 0.4) is 0 Å².